The highest BCUT2D eigenvalue weighted by Crippen LogP contribution is 2.15. The first-order valence-electron chi connectivity index (χ1n) is 6.27. The van der Waals surface area contributed by atoms with Gasteiger partial charge in [-0.2, -0.15) is 0 Å². The van der Waals surface area contributed by atoms with Crippen LogP contribution in [0.2, 0.25) is 0 Å². The molecule has 0 amide bonds. The number of rotatable bonds is 2. The zero-order valence-electron chi connectivity index (χ0n) is 9.84. The van der Waals surface area contributed by atoms with Crippen molar-refractivity contribution >= 4 is 5.84 Å². The van der Waals surface area contributed by atoms with E-state index in [1.54, 1.807) is 5.84 Å². The molecule has 0 aliphatic carbocycles. The second kappa shape index (κ2) is 6.51. The third kappa shape index (κ3) is 3.20. The smallest absolute Gasteiger partial charge is 0.246 e. The van der Waals surface area contributed by atoms with Crippen LogP contribution in [-0.4, -0.2) is 41.5 Å². The fourth-order valence-electron chi connectivity index (χ4n) is 2.74. The van der Waals surface area contributed by atoms with Gasteiger partial charge in [0, 0.05) is 12.8 Å². The molecule has 0 spiro atoms. The van der Waals surface area contributed by atoms with E-state index in [0.29, 0.717) is 0 Å². The number of hydrogen-bond donors (Lipinski definition) is 0. The first kappa shape index (κ1) is 13.0. The quantitative estimate of drug-likeness (QED) is 0.592. The van der Waals surface area contributed by atoms with Gasteiger partial charge in [0.2, 0.25) is 5.84 Å². The van der Waals surface area contributed by atoms with E-state index in [1.807, 2.05) is 0 Å². The van der Waals surface area contributed by atoms with Gasteiger partial charge in [0.1, 0.15) is 0 Å². The van der Waals surface area contributed by atoms with E-state index in [1.165, 1.54) is 64.7 Å². The average molecular weight is 275 g/mol. The molecular weight excluding hydrogens is 252 g/mol. The molecule has 2 rings (SSSR count). The molecule has 2 aliphatic heterocycles. The van der Waals surface area contributed by atoms with Crippen LogP contribution in [0.5, 0.6) is 0 Å². The lowest BCUT2D eigenvalue weighted by atomic mass is 10.2. The number of hydrogen-bond acceptors (Lipinski definition) is 1. The SMILES string of the molecule is CCC[N+]1=C2CCCCCN2CCC1.[Br-]. The minimum atomic E-state index is 0. The highest BCUT2D eigenvalue weighted by molar-refractivity contribution is 5.78. The van der Waals surface area contributed by atoms with Gasteiger partial charge in [0.25, 0.3) is 0 Å². The van der Waals surface area contributed by atoms with Crippen molar-refractivity contribution in [1.29, 1.82) is 0 Å². The van der Waals surface area contributed by atoms with Crippen molar-refractivity contribution < 1.29 is 21.6 Å². The van der Waals surface area contributed by atoms with Crippen LogP contribution in [-0.2, 0) is 0 Å². The Hall–Kier alpha value is -0.0500. The van der Waals surface area contributed by atoms with Gasteiger partial charge in [-0.1, -0.05) is 6.92 Å². The first-order chi connectivity index (χ1) is 6.92. The molecule has 1 fully saturated rings. The number of fused-ring (bicyclic) bond motifs is 1. The second-order valence-electron chi connectivity index (χ2n) is 4.55. The molecule has 0 aromatic heterocycles. The summed E-state index contributed by atoms with van der Waals surface area (Å²) >= 11 is 0. The Balaban J connectivity index is 0.00000112. The van der Waals surface area contributed by atoms with Gasteiger partial charge < -0.3 is 17.0 Å². The van der Waals surface area contributed by atoms with Gasteiger partial charge >= 0.3 is 0 Å². The molecule has 0 atom stereocenters. The molecule has 0 aromatic carbocycles. The van der Waals surface area contributed by atoms with E-state index in [0.717, 1.165) is 0 Å². The lowest BCUT2D eigenvalue weighted by Gasteiger charge is -2.25. The predicted molar refractivity (Wildman–Crippen MR) is 60.0 cm³/mol. The Bertz CT molecular complexity index is 226. The Morgan fingerprint density at radius 3 is 2.73 bits per heavy atom. The summed E-state index contributed by atoms with van der Waals surface area (Å²) in [6.45, 7) is 7.49. The third-order valence-corrected chi connectivity index (χ3v) is 3.41. The van der Waals surface area contributed by atoms with Crippen LogP contribution < -0.4 is 17.0 Å². The van der Waals surface area contributed by atoms with Crippen molar-refractivity contribution in [3.05, 3.63) is 0 Å². The molecule has 0 N–H and O–H groups in total. The normalized spacial score (nSPS) is 21.8. The Labute approximate surface area is 104 Å². The van der Waals surface area contributed by atoms with Gasteiger partial charge in [-0.05, 0) is 25.7 Å². The number of nitrogens with zero attached hydrogens (tertiary/aromatic N) is 2. The first-order valence-corrected chi connectivity index (χ1v) is 6.27. The molecular formula is C12H23BrN2. The average Bonchev–Trinajstić information content (AvgIpc) is 2.44. The highest BCUT2D eigenvalue weighted by atomic mass is 79.9. The lowest BCUT2D eigenvalue weighted by Crippen LogP contribution is -3.00. The predicted octanol–water partition coefficient (Wildman–Crippen LogP) is -0.909. The van der Waals surface area contributed by atoms with Gasteiger partial charge in [0.15, 0.2) is 0 Å². The van der Waals surface area contributed by atoms with Crippen molar-refractivity contribution in [1.82, 2.24) is 4.90 Å². The Kier molecular flexibility index (Phi) is 5.65. The molecule has 3 heteroatoms. The summed E-state index contributed by atoms with van der Waals surface area (Å²) < 4.78 is 2.63. The van der Waals surface area contributed by atoms with E-state index in [9.17, 15) is 0 Å². The molecule has 2 heterocycles. The minimum Gasteiger partial charge on any atom is -1.00 e. The second-order valence-corrected chi connectivity index (χ2v) is 4.55. The van der Waals surface area contributed by atoms with Crippen LogP contribution in [0.1, 0.15) is 45.4 Å². The lowest BCUT2D eigenvalue weighted by molar-refractivity contribution is -0.539. The Morgan fingerprint density at radius 2 is 1.93 bits per heavy atom. The molecule has 2 aliphatic rings. The van der Waals surface area contributed by atoms with E-state index < -0.39 is 0 Å². The van der Waals surface area contributed by atoms with Crippen LogP contribution in [0.4, 0.5) is 0 Å². The molecule has 88 valence electrons. The number of amidine groups is 1. The standard InChI is InChI=1S/C12H23N2.BrH/c1-2-8-13-10-6-11-14-9-5-3-4-7-12(13)14;/h2-11H2,1H3;1H/q+1;/p-1. The van der Waals surface area contributed by atoms with Crippen molar-refractivity contribution in [3.63, 3.8) is 0 Å². The summed E-state index contributed by atoms with van der Waals surface area (Å²) in [5.74, 6) is 1.66. The highest BCUT2D eigenvalue weighted by Gasteiger charge is 2.27. The molecule has 0 aromatic rings. The van der Waals surface area contributed by atoms with Gasteiger partial charge in [-0.25, -0.2) is 0 Å². The van der Waals surface area contributed by atoms with Gasteiger partial charge in [0.05, 0.1) is 26.2 Å². The fraction of sp³-hybridized carbons (Fsp3) is 0.917. The van der Waals surface area contributed by atoms with E-state index in [2.05, 4.69) is 16.4 Å². The van der Waals surface area contributed by atoms with Crippen molar-refractivity contribution in [2.45, 2.75) is 45.4 Å². The van der Waals surface area contributed by atoms with Crippen molar-refractivity contribution in [2.75, 3.05) is 26.2 Å². The summed E-state index contributed by atoms with van der Waals surface area (Å²) in [5, 5.41) is 0. The summed E-state index contributed by atoms with van der Waals surface area (Å²) in [6, 6.07) is 0. The summed E-state index contributed by atoms with van der Waals surface area (Å²) in [7, 11) is 0. The monoisotopic (exact) mass is 274 g/mol. The zero-order valence-corrected chi connectivity index (χ0v) is 11.4. The summed E-state index contributed by atoms with van der Waals surface area (Å²) in [4.78, 5) is 2.64. The van der Waals surface area contributed by atoms with E-state index in [-0.39, 0.29) is 17.0 Å². The molecule has 0 unspecified atom stereocenters. The van der Waals surface area contributed by atoms with E-state index >= 15 is 0 Å². The maximum absolute atomic E-state index is 2.64. The molecule has 0 saturated carbocycles. The molecule has 2 nitrogen and oxygen atoms in total. The third-order valence-electron chi connectivity index (χ3n) is 3.41. The van der Waals surface area contributed by atoms with Crippen LogP contribution in [0, 0.1) is 0 Å². The molecule has 0 bridgehead atoms. The van der Waals surface area contributed by atoms with Crippen LogP contribution in [0.25, 0.3) is 0 Å². The Morgan fingerprint density at radius 1 is 1.13 bits per heavy atom. The summed E-state index contributed by atoms with van der Waals surface area (Å²) in [5.41, 5.74) is 0. The fourth-order valence-corrected chi connectivity index (χ4v) is 2.74. The van der Waals surface area contributed by atoms with E-state index in [4.69, 9.17) is 0 Å². The molecule has 0 radical (unpaired) electrons. The van der Waals surface area contributed by atoms with Crippen LogP contribution >= 0.6 is 0 Å². The zero-order chi connectivity index (χ0) is 9.80. The largest absolute Gasteiger partial charge is 1.00 e. The topological polar surface area (TPSA) is 6.25 Å². The van der Waals surface area contributed by atoms with Crippen LogP contribution in [0.15, 0.2) is 0 Å². The molecule has 15 heavy (non-hydrogen) atoms. The number of halogens is 1. The maximum atomic E-state index is 2.64. The minimum absolute atomic E-state index is 0. The van der Waals surface area contributed by atoms with Crippen LogP contribution in [0.3, 0.4) is 0 Å². The summed E-state index contributed by atoms with van der Waals surface area (Å²) in [6.07, 6.45) is 8.23. The van der Waals surface area contributed by atoms with Gasteiger partial charge in [-0.15, -0.1) is 0 Å². The van der Waals surface area contributed by atoms with Crippen molar-refractivity contribution in [3.8, 4) is 0 Å². The van der Waals surface area contributed by atoms with Crippen molar-refractivity contribution in [2.24, 2.45) is 0 Å². The maximum Gasteiger partial charge on any atom is 0.246 e. The molecule has 1 saturated heterocycles. The van der Waals surface area contributed by atoms with Gasteiger partial charge in [-0.3, -0.25) is 9.48 Å².